The smallest absolute Gasteiger partial charge is 0.280 e. The minimum Gasteiger partial charge on any atom is -0.299 e. The van der Waals surface area contributed by atoms with Gasteiger partial charge >= 0.3 is 0 Å². The van der Waals surface area contributed by atoms with E-state index in [9.17, 15) is 14.9 Å². The van der Waals surface area contributed by atoms with Gasteiger partial charge in [-0.3, -0.25) is 25.4 Å². The molecule has 0 aliphatic rings. The Morgan fingerprint density at radius 3 is 2.46 bits per heavy atom. The average molecular weight is 350 g/mol. The molecule has 2 aromatic carbocycles. The van der Waals surface area contributed by atoms with Gasteiger partial charge in [-0.25, -0.2) is 4.68 Å². The molecule has 132 valence electrons. The fourth-order valence-electron chi connectivity index (χ4n) is 2.95. The summed E-state index contributed by atoms with van der Waals surface area (Å²) in [7, 11) is 0. The second-order valence-electron chi connectivity index (χ2n) is 5.91. The van der Waals surface area contributed by atoms with E-state index in [-0.39, 0.29) is 17.0 Å². The van der Waals surface area contributed by atoms with Crippen molar-refractivity contribution < 1.29 is 4.92 Å². The summed E-state index contributed by atoms with van der Waals surface area (Å²) in [5.41, 5.74) is 2.84. The van der Waals surface area contributed by atoms with Gasteiger partial charge in [0.25, 0.3) is 11.2 Å². The molecule has 0 bridgehead atoms. The molecule has 0 atom stereocenters. The molecule has 2 N–H and O–H groups in total. The lowest BCUT2D eigenvalue weighted by Crippen LogP contribution is -2.21. The van der Waals surface area contributed by atoms with E-state index in [2.05, 4.69) is 5.10 Å². The van der Waals surface area contributed by atoms with Crippen molar-refractivity contribution in [2.24, 2.45) is 0 Å². The van der Waals surface area contributed by atoms with Crippen LogP contribution in [-0.2, 0) is 6.42 Å². The number of nitro groups is 1. The Hall–Kier alpha value is -3.48. The van der Waals surface area contributed by atoms with E-state index in [0.29, 0.717) is 16.9 Å². The lowest BCUT2D eigenvalue weighted by Gasteiger charge is -2.07. The fourth-order valence-corrected chi connectivity index (χ4v) is 2.95. The summed E-state index contributed by atoms with van der Waals surface area (Å²) in [6, 6.07) is 13.2. The van der Waals surface area contributed by atoms with Crippen LogP contribution >= 0.6 is 0 Å². The zero-order chi connectivity index (χ0) is 18.8. The molecule has 0 spiro atoms. The summed E-state index contributed by atoms with van der Waals surface area (Å²) < 4.78 is 1.30. The van der Waals surface area contributed by atoms with Crippen molar-refractivity contribution in [1.82, 2.24) is 9.78 Å². The van der Waals surface area contributed by atoms with E-state index in [1.54, 1.807) is 6.92 Å². The van der Waals surface area contributed by atoms with Crippen LogP contribution in [0, 0.1) is 22.4 Å². The maximum Gasteiger partial charge on any atom is 0.280 e. The van der Waals surface area contributed by atoms with Gasteiger partial charge in [-0.1, -0.05) is 31.2 Å². The second kappa shape index (κ2) is 6.79. The minimum atomic E-state index is -0.491. The summed E-state index contributed by atoms with van der Waals surface area (Å²) in [6.45, 7) is 3.74. The first kappa shape index (κ1) is 17.3. The molecule has 7 heteroatoms. The molecule has 0 saturated carbocycles. The molecule has 0 radical (unpaired) electrons. The Morgan fingerprint density at radius 2 is 1.85 bits per heavy atom. The van der Waals surface area contributed by atoms with Crippen LogP contribution in [0.2, 0.25) is 0 Å². The molecule has 0 aliphatic carbocycles. The first-order valence-corrected chi connectivity index (χ1v) is 8.17. The van der Waals surface area contributed by atoms with E-state index in [1.807, 2.05) is 31.2 Å². The summed E-state index contributed by atoms with van der Waals surface area (Å²) in [5.74, 6) is 0. The highest BCUT2D eigenvalue weighted by atomic mass is 16.6. The van der Waals surface area contributed by atoms with E-state index < -0.39 is 4.92 Å². The predicted molar refractivity (Wildman–Crippen MR) is 99.5 cm³/mol. The van der Waals surface area contributed by atoms with Crippen LogP contribution in [0.15, 0.2) is 53.3 Å². The Morgan fingerprint density at radius 1 is 1.19 bits per heavy atom. The van der Waals surface area contributed by atoms with Crippen molar-refractivity contribution in [3.8, 4) is 5.69 Å². The molecule has 7 nitrogen and oxygen atoms in total. The van der Waals surface area contributed by atoms with E-state index in [1.165, 1.54) is 28.9 Å². The van der Waals surface area contributed by atoms with Crippen LogP contribution in [0.1, 0.15) is 29.3 Å². The predicted octanol–water partition coefficient (Wildman–Crippen LogP) is 3.36. The number of nitro benzene ring substituents is 1. The van der Waals surface area contributed by atoms with E-state index >= 15 is 0 Å². The summed E-state index contributed by atoms with van der Waals surface area (Å²) in [6.07, 6.45) is 0.762. The number of aromatic amines is 1. The molecule has 0 unspecified atom stereocenters. The number of rotatable bonds is 5. The lowest BCUT2D eigenvalue weighted by molar-refractivity contribution is -0.384. The topological polar surface area (TPSA) is 105 Å². The van der Waals surface area contributed by atoms with Crippen molar-refractivity contribution in [3.05, 3.63) is 91.4 Å². The molecule has 0 saturated heterocycles. The van der Waals surface area contributed by atoms with Gasteiger partial charge in [0.1, 0.15) is 0 Å². The largest absolute Gasteiger partial charge is 0.299 e. The highest BCUT2D eigenvalue weighted by Crippen LogP contribution is 2.17. The molecule has 3 aromatic rings. The van der Waals surface area contributed by atoms with Gasteiger partial charge in [-0.05, 0) is 31.0 Å². The van der Waals surface area contributed by atoms with Crippen LogP contribution in [-0.4, -0.2) is 20.4 Å². The number of benzene rings is 2. The second-order valence-corrected chi connectivity index (χ2v) is 5.91. The third-order valence-electron chi connectivity index (χ3n) is 4.31. The standard InChI is InChI=1S/C19H18N4O3/c1-3-13-6-4-5-7-16(13)18(20)17-12(2)21-22(19(17)24)14-8-10-15(11-9-14)23(25)26/h4-11,20-21H,3H2,1-2H3. The van der Waals surface area contributed by atoms with Gasteiger partial charge < -0.3 is 0 Å². The number of aryl methyl sites for hydroxylation is 2. The van der Waals surface area contributed by atoms with Gasteiger partial charge in [0.15, 0.2) is 0 Å². The number of hydrogen-bond donors (Lipinski definition) is 2. The first-order valence-electron chi connectivity index (χ1n) is 8.17. The number of nitrogens with zero attached hydrogens (tertiary/aromatic N) is 2. The molecular formula is C19H18N4O3. The normalized spacial score (nSPS) is 10.7. The maximum atomic E-state index is 12.9. The van der Waals surface area contributed by atoms with Crippen LogP contribution < -0.4 is 5.56 Å². The third kappa shape index (κ3) is 2.95. The van der Waals surface area contributed by atoms with Crippen LogP contribution in [0.5, 0.6) is 0 Å². The molecule has 0 aliphatic heterocycles. The van der Waals surface area contributed by atoms with Gasteiger partial charge in [0.2, 0.25) is 0 Å². The maximum absolute atomic E-state index is 12.9. The van der Waals surface area contributed by atoms with E-state index in [4.69, 9.17) is 5.41 Å². The number of nitrogens with one attached hydrogen (secondary N) is 2. The van der Waals surface area contributed by atoms with Crippen LogP contribution in [0.4, 0.5) is 5.69 Å². The molecule has 26 heavy (non-hydrogen) atoms. The highest BCUT2D eigenvalue weighted by Gasteiger charge is 2.19. The van der Waals surface area contributed by atoms with Gasteiger partial charge in [-0.15, -0.1) is 0 Å². The number of non-ortho nitro benzene ring substituents is 1. The van der Waals surface area contributed by atoms with Crippen molar-refractivity contribution in [3.63, 3.8) is 0 Å². The number of H-pyrrole nitrogens is 1. The van der Waals surface area contributed by atoms with Crippen LogP contribution in [0.3, 0.4) is 0 Å². The van der Waals surface area contributed by atoms with Crippen LogP contribution in [0.25, 0.3) is 5.69 Å². The molecule has 3 rings (SSSR count). The zero-order valence-electron chi connectivity index (χ0n) is 14.4. The van der Waals surface area contributed by atoms with Gasteiger partial charge in [-0.2, -0.15) is 0 Å². The third-order valence-corrected chi connectivity index (χ3v) is 4.31. The molecule has 1 aromatic heterocycles. The first-order chi connectivity index (χ1) is 12.4. The number of hydrogen-bond acceptors (Lipinski definition) is 4. The van der Waals surface area contributed by atoms with Gasteiger partial charge in [0, 0.05) is 23.4 Å². The van der Waals surface area contributed by atoms with Crippen molar-refractivity contribution in [1.29, 1.82) is 5.41 Å². The molecular weight excluding hydrogens is 332 g/mol. The van der Waals surface area contributed by atoms with Crippen molar-refractivity contribution in [2.45, 2.75) is 20.3 Å². The Balaban J connectivity index is 2.07. The van der Waals surface area contributed by atoms with Gasteiger partial charge in [0.05, 0.1) is 21.9 Å². The fraction of sp³-hybridized carbons (Fsp3) is 0.158. The quantitative estimate of drug-likeness (QED) is 0.419. The highest BCUT2D eigenvalue weighted by molar-refractivity contribution is 6.12. The molecule has 1 heterocycles. The van der Waals surface area contributed by atoms with Crippen molar-refractivity contribution >= 4 is 11.4 Å². The van der Waals surface area contributed by atoms with Crippen molar-refractivity contribution in [2.75, 3.05) is 0 Å². The molecule has 0 amide bonds. The Labute approximate surface area is 149 Å². The Bertz CT molecular complexity index is 1050. The summed E-state index contributed by atoms with van der Waals surface area (Å²) in [5, 5.41) is 22.3. The minimum absolute atomic E-state index is 0.0464. The van der Waals surface area contributed by atoms with E-state index in [0.717, 1.165) is 17.5 Å². The monoisotopic (exact) mass is 350 g/mol. The lowest BCUT2D eigenvalue weighted by atomic mass is 9.97. The molecule has 0 fully saturated rings. The summed E-state index contributed by atoms with van der Waals surface area (Å²) >= 11 is 0. The SMILES string of the molecule is CCc1ccccc1C(=N)c1c(C)[nH]n(-c2ccc([N+](=O)[O-])cc2)c1=O. The summed E-state index contributed by atoms with van der Waals surface area (Å²) in [4.78, 5) is 23.2. The zero-order valence-corrected chi connectivity index (χ0v) is 14.4. The Kier molecular flexibility index (Phi) is 4.53. The average Bonchev–Trinajstić information content (AvgIpc) is 2.95. The number of aromatic nitrogens is 2.